The van der Waals surface area contributed by atoms with Crippen LogP contribution in [0.3, 0.4) is 0 Å². The number of amides is 2. The maximum Gasteiger partial charge on any atom is 0.322 e. The Morgan fingerprint density at radius 2 is 1.70 bits per heavy atom. The van der Waals surface area contributed by atoms with Crippen LogP contribution in [0.15, 0.2) is 54.6 Å². The molecule has 4 rings (SSSR count). The first kappa shape index (κ1) is 17.5. The van der Waals surface area contributed by atoms with Gasteiger partial charge in [0.1, 0.15) is 0 Å². The third-order valence-electron chi connectivity index (χ3n) is 5.43. The highest BCUT2D eigenvalue weighted by molar-refractivity contribution is 5.93. The predicted molar refractivity (Wildman–Crippen MR) is 103 cm³/mol. The number of anilines is 1. The molecule has 2 heterocycles. The molecular formula is C21H23N3O3. The molecule has 1 unspecified atom stereocenters. The standard InChI is InChI=1S/C21H23N3O3/c25-19(26)14-23-12-10-16(11-13-23)24-20(15-6-2-1-3-7-15)17-8-4-5-9-18(17)22-21(24)27/h1-9,16,20H,10-14H2,(H,22,27)(H,25,26). The Bertz CT molecular complexity index is 832. The molecule has 0 aliphatic carbocycles. The number of nitrogens with zero attached hydrogens (tertiary/aromatic N) is 2. The molecule has 2 aromatic carbocycles. The Morgan fingerprint density at radius 1 is 1.04 bits per heavy atom. The van der Waals surface area contributed by atoms with Crippen LogP contribution < -0.4 is 5.32 Å². The number of carboxylic acids is 1. The summed E-state index contributed by atoms with van der Waals surface area (Å²) in [5, 5.41) is 12.0. The Balaban J connectivity index is 1.64. The molecule has 2 aliphatic rings. The topological polar surface area (TPSA) is 72.9 Å². The van der Waals surface area contributed by atoms with Crippen molar-refractivity contribution < 1.29 is 14.7 Å². The minimum absolute atomic E-state index is 0.0594. The van der Waals surface area contributed by atoms with Crippen molar-refractivity contribution in [1.82, 2.24) is 9.80 Å². The summed E-state index contributed by atoms with van der Waals surface area (Å²) in [5.74, 6) is -0.805. The number of benzene rings is 2. The molecule has 0 saturated carbocycles. The van der Waals surface area contributed by atoms with Crippen LogP contribution in [-0.4, -0.2) is 52.6 Å². The summed E-state index contributed by atoms with van der Waals surface area (Å²) in [4.78, 5) is 27.9. The molecule has 1 atom stereocenters. The Morgan fingerprint density at radius 3 is 2.41 bits per heavy atom. The highest BCUT2D eigenvalue weighted by Crippen LogP contribution is 2.40. The summed E-state index contributed by atoms with van der Waals surface area (Å²) in [6.45, 7) is 1.43. The number of hydrogen-bond donors (Lipinski definition) is 2. The summed E-state index contributed by atoms with van der Waals surface area (Å²) in [6.07, 6.45) is 1.54. The van der Waals surface area contributed by atoms with Gasteiger partial charge in [-0.25, -0.2) is 4.79 Å². The summed E-state index contributed by atoms with van der Waals surface area (Å²) < 4.78 is 0. The molecule has 2 aromatic rings. The number of aliphatic carboxylic acids is 1. The molecule has 2 N–H and O–H groups in total. The van der Waals surface area contributed by atoms with Crippen molar-refractivity contribution in [2.24, 2.45) is 0 Å². The fraction of sp³-hybridized carbons (Fsp3) is 0.333. The van der Waals surface area contributed by atoms with E-state index in [4.69, 9.17) is 5.11 Å². The fourth-order valence-corrected chi connectivity index (χ4v) is 4.20. The molecule has 6 nitrogen and oxygen atoms in total. The number of carboxylic acid groups (broad SMARTS) is 1. The van der Waals surface area contributed by atoms with Crippen LogP contribution >= 0.6 is 0 Å². The van der Waals surface area contributed by atoms with Crippen molar-refractivity contribution >= 4 is 17.7 Å². The summed E-state index contributed by atoms with van der Waals surface area (Å²) >= 11 is 0. The number of para-hydroxylation sites is 1. The maximum atomic E-state index is 13.0. The van der Waals surface area contributed by atoms with Gasteiger partial charge in [-0.05, 0) is 24.5 Å². The third-order valence-corrected chi connectivity index (χ3v) is 5.43. The predicted octanol–water partition coefficient (Wildman–Crippen LogP) is 3.17. The summed E-state index contributed by atoms with van der Waals surface area (Å²) in [5.41, 5.74) is 3.04. The van der Waals surface area contributed by atoms with Gasteiger partial charge in [0.25, 0.3) is 0 Å². The van der Waals surface area contributed by atoms with Gasteiger partial charge in [0.15, 0.2) is 0 Å². The second-order valence-electron chi connectivity index (χ2n) is 7.14. The second-order valence-corrected chi connectivity index (χ2v) is 7.14. The molecule has 0 spiro atoms. The first-order valence-electron chi connectivity index (χ1n) is 9.31. The van der Waals surface area contributed by atoms with Gasteiger partial charge < -0.3 is 15.3 Å². The smallest absolute Gasteiger partial charge is 0.322 e. The van der Waals surface area contributed by atoms with Crippen LogP contribution in [0, 0.1) is 0 Å². The van der Waals surface area contributed by atoms with Crippen molar-refractivity contribution in [2.45, 2.75) is 24.9 Å². The lowest BCUT2D eigenvalue weighted by Crippen LogP contribution is -2.52. The van der Waals surface area contributed by atoms with Gasteiger partial charge in [-0.3, -0.25) is 9.69 Å². The van der Waals surface area contributed by atoms with Crippen LogP contribution in [0.4, 0.5) is 10.5 Å². The van der Waals surface area contributed by atoms with Gasteiger partial charge in [0.2, 0.25) is 0 Å². The second kappa shape index (κ2) is 7.40. The third kappa shape index (κ3) is 3.53. The monoisotopic (exact) mass is 365 g/mol. The van der Waals surface area contributed by atoms with Crippen LogP contribution in [0.2, 0.25) is 0 Å². The molecule has 2 amide bonds. The van der Waals surface area contributed by atoms with Crippen molar-refractivity contribution in [2.75, 3.05) is 25.0 Å². The molecule has 140 valence electrons. The average Bonchev–Trinajstić information content (AvgIpc) is 2.68. The van der Waals surface area contributed by atoms with Gasteiger partial charge >= 0.3 is 12.0 Å². The van der Waals surface area contributed by atoms with Gasteiger partial charge in [0.05, 0.1) is 12.6 Å². The summed E-state index contributed by atoms with van der Waals surface area (Å²) in [7, 11) is 0. The van der Waals surface area contributed by atoms with Crippen molar-refractivity contribution in [3.8, 4) is 0 Å². The fourth-order valence-electron chi connectivity index (χ4n) is 4.20. The zero-order valence-electron chi connectivity index (χ0n) is 15.0. The minimum atomic E-state index is -0.805. The van der Waals surface area contributed by atoms with E-state index < -0.39 is 5.97 Å². The molecule has 1 saturated heterocycles. The lowest BCUT2D eigenvalue weighted by atomic mass is 9.90. The van der Waals surface area contributed by atoms with Crippen molar-refractivity contribution in [1.29, 1.82) is 0 Å². The molecule has 0 bridgehead atoms. The molecule has 6 heteroatoms. The molecule has 27 heavy (non-hydrogen) atoms. The van der Waals surface area contributed by atoms with Gasteiger partial charge in [-0.2, -0.15) is 0 Å². The average molecular weight is 365 g/mol. The van der Waals surface area contributed by atoms with Crippen molar-refractivity contribution in [3.63, 3.8) is 0 Å². The number of hydrogen-bond acceptors (Lipinski definition) is 3. The van der Waals surface area contributed by atoms with Crippen LogP contribution in [0.25, 0.3) is 0 Å². The number of fused-ring (bicyclic) bond motifs is 1. The Kier molecular flexibility index (Phi) is 4.81. The quantitative estimate of drug-likeness (QED) is 0.873. The van der Waals surface area contributed by atoms with E-state index in [0.29, 0.717) is 13.1 Å². The molecule has 0 radical (unpaired) electrons. The van der Waals surface area contributed by atoms with E-state index in [0.717, 1.165) is 29.7 Å². The highest BCUT2D eigenvalue weighted by Gasteiger charge is 2.39. The summed E-state index contributed by atoms with van der Waals surface area (Å²) in [6, 6.07) is 17.9. The zero-order chi connectivity index (χ0) is 18.8. The van der Waals surface area contributed by atoms with Crippen LogP contribution in [-0.2, 0) is 4.79 Å². The SMILES string of the molecule is O=C(O)CN1CCC(N2C(=O)Nc3ccccc3C2c2ccccc2)CC1. The number of rotatable bonds is 4. The Labute approximate surface area is 158 Å². The van der Waals surface area contributed by atoms with E-state index >= 15 is 0 Å². The van der Waals surface area contributed by atoms with E-state index in [1.54, 1.807) is 0 Å². The normalized spacial score (nSPS) is 20.8. The van der Waals surface area contributed by atoms with E-state index in [9.17, 15) is 9.59 Å². The van der Waals surface area contributed by atoms with Gasteiger partial charge in [-0.15, -0.1) is 0 Å². The largest absolute Gasteiger partial charge is 0.480 e. The van der Waals surface area contributed by atoms with Crippen LogP contribution in [0.5, 0.6) is 0 Å². The first-order valence-corrected chi connectivity index (χ1v) is 9.31. The lowest BCUT2D eigenvalue weighted by molar-refractivity contribution is -0.138. The number of likely N-dealkylation sites (tertiary alicyclic amines) is 1. The van der Waals surface area contributed by atoms with E-state index in [1.165, 1.54) is 0 Å². The van der Waals surface area contributed by atoms with Crippen molar-refractivity contribution in [3.05, 3.63) is 65.7 Å². The maximum absolute atomic E-state index is 13.0. The van der Waals surface area contributed by atoms with E-state index in [1.807, 2.05) is 46.2 Å². The molecular weight excluding hydrogens is 342 g/mol. The minimum Gasteiger partial charge on any atom is -0.480 e. The molecule has 1 fully saturated rings. The number of piperidine rings is 1. The number of urea groups is 1. The van der Waals surface area contributed by atoms with E-state index in [2.05, 4.69) is 23.5 Å². The van der Waals surface area contributed by atoms with E-state index in [-0.39, 0.29) is 24.7 Å². The number of nitrogens with one attached hydrogen (secondary N) is 1. The molecule has 0 aromatic heterocycles. The highest BCUT2D eigenvalue weighted by atomic mass is 16.4. The Hall–Kier alpha value is -2.86. The molecule has 2 aliphatic heterocycles. The van der Waals surface area contributed by atoms with Gasteiger partial charge in [0, 0.05) is 30.4 Å². The lowest BCUT2D eigenvalue weighted by Gasteiger charge is -2.45. The number of carbonyl (C=O) groups excluding carboxylic acids is 1. The van der Waals surface area contributed by atoms with Crippen LogP contribution in [0.1, 0.15) is 30.0 Å². The zero-order valence-corrected chi connectivity index (χ0v) is 15.0. The van der Waals surface area contributed by atoms with Gasteiger partial charge in [-0.1, -0.05) is 48.5 Å². The number of carbonyl (C=O) groups is 2. The first-order chi connectivity index (χ1) is 13.1.